The van der Waals surface area contributed by atoms with Crippen LogP contribution in [0.4, 0.5) is 5.82 Å². The van der Waals surface area contributed by atoms with Gasteiger partial charge in [-0.15, -0.1) is 0 Å². The van der Waals surface area contributed by atoms with Crippen LogP contribution in [0, 0.1) is 11.3 Å². The van der Waals surface area contributed by atoms with E-state index >= 15 is 0 Å². The summed E-state index contributed by atoms with van der Waals surface area (Å²) in [5, 5.41) is 8.69. The smallest absolute Gasteiger partial charge is 0.181 e. The molecule has 21 heavy (non-hydrogen) atoms. The molecule has 0 aliphatic carbocycles. The number of ether oxygens (including phenoxy) is 1. The van der Waals surface area contributed by atoms with E-state index in [-0.39, 0.29) is 23.1 Å². The average Bonchev–Trinajstić information content (AvgIpc) is 2.49. The number of nitrogens with zero attached hydrogens (tertiary/aromatic N) is 2. The Morgan fingerprint density at radius 1 is 1.24 bits per heavy atom. The Morgan fingerprint density at radius 2 is 1.95 bits per heavy atom. The van der Waals surface area contributed by atoms with E-state index in [0.717, 1.165) is 0 Å². The highest BCUT2D eigenvalue weighted by atomic mass is 32.2. The van der Waals surface area contributed by atoms with Crippen molar-refractivity contribution in [1.29, 1.82) is 5.26 Å². The Kier molecular flexibility index (Phi) is 4.40. The van der Waals surface area contributed by atoms with Gasteiger partial charge in [0.05, 0.1) is 22.3 Å². The molecule has 1 aromatic heterocycles. The zero-order valence-electron chi connectivity index (χ0n) is 11.1. The molecule has 0 aliphatic rings. The van der Waals surface area contributed by atoms with Crippen LogP contribution in [0.3, 0.4) is 0 Å². The van der Waals surface area contributed by atoms with Crippen LogP contribution in [0.15, 0.2) is 47.5 Å². The second kappa shape index (κ2) is 6.24. The highest BCUT2D eigenvalue weighted by molar-refractivity contribution is 7.91. The van der Waals surface area contributed by atoms with Crippen molar-refractivity contribution in [2.45, 2.75) is 4.90 Å². The number of hydrogen-bond donors (Lipinski definition) is 1. The van der Waals surface area contributed by atoms with E-state index in [1.165, 1.54) is 30.5 Å². The average molecular weight is 303 g/mol. The minimum absolute atomic E-state index is 0.0295. The molecule has 1 aromatic carbocycles. The molecular weight excluding hydrogens is 290 g/mol. The molecule has 0 aliphatic heterocycles. The number of benzene rings is 1. The molecule has 7 heteroatoms. The number of rotatable bonds is 5. The molecule has 0 atom stereocenters. The Morgan fingerprint density at radius 3 is 2.57 bits per heavy atom. The van der Waals surface area contributed by atoms with Gasteiger partial charge in [0.15, 0.2) is 21.4 Å². The number of nitrogen functional groups attached to an aromatic ring is 1. The molecule has 2 rings (SSSR count). The first kappa shape index (κ1) is 14.8. The lowest BCUT2D eigenvalue weighted by Gasteiger charge is -2.08. The fourth-order valence-electron chi connectivity index (χ4n) is 1.64. The fraction of sp³-hybridized carbons (Fsp3) is 0.143. The summed E-state index contributed by atoms with van der Waals surface area (Å²) < 4.78 is 29.5. The number of nitrogens with two attached hydrogens (primary N) is 1. The van der Waals surface area contributed by atoms with E-state index in [0.29, 0.717) is 11.3 Å². The summed E-state index contributed by atoms with van der Waals surface area (Å²) >= 11 is 0. The maximum absolute atomic E-state index is 12.1. The number of sulfone groups is 1. The summed E-state index contributed by atoms with van der Waals surface area (Å²) in [6.45, 7) is -0.0295. The predicted molar refractivity (Wildman–Crippen MR) is 77.4 cm³/mol. The Balaban J connectivity index is 2.01. The lowest BCUT2D eigenvalue weighted by Crippen LogP contribution is -2.15. The fourth-order valence-corrected chi connectivity index (χ4v) is 2.73. The first-order chi connectivity index (χ1) is 10.0. The molecule has 2 aromatic rings. The van der Waals surface area contributed by atoms with E-state index in [9.17, 15) is 8.42 Å². The summed E-state index contributed by atoms with van der Waals surface area (Å²) in [4.78, 5) is 4.00. The molecule has 0 spiro atoms. The van der Waals surface area contributed by atoms with Crippen molar-refractivity contribution in [3.63, 3.8) is 0 Å². The quantitative estimate of drug-likeness (QED) is 0.894. The largest absolute Gasteiger partial charge is 0.489 e. The number of aromatic nitrogens is 1. The first-order valence-corrected chi connectivity index (χ1v) is 7.74. The van der Waals surface area contributed by atoms with Crippen LogP contribution >= 0.6 is 0 Å². The minimum atomic E-state index is -3.46. The van der Waals surface area contributed by atoms with Gasteiger partial charge in [0.25, 0.3) is 0 Å². The van der Waals surface area contributed by atoms with Gasteiger partial charge in [0, 0.05) is 6.20 Å². The third-order valence-corrected chi connectivity index (χ3v) is 4.45. The highest BCUT2D eigenvalue weighted by Gasteiger charge is 2.15. The Labute approximate surface area is 122 Å². The summed E-state index contributed by atoms with van der Waals surface area (Å²) in [6.07, 6.45) is 1.52. The molecular formula is C14H13N3O3S. The molecule has 1 heterocycles. The van der Waals surface area contributed by atoms with Gasteiger partial charge < -0.3 is 10.5 Å². The standard InChI is InChI=1S/C14H13N3O3S/c15-10-11-3-5-12(6-4-11)21(18,19)9-8-20-13-2-1-7-17-14(13)16/h1-7H,8-9H2,(H2,16,17). The highest BCUT2D eigenvalue weighted by Crippen LogP contribution is 2.17. The van der Waals surface area contributed by atoms with Crippen LogP contribution in [0.2, 0.25) is 0 Å². The molecule has 0 saturated carbocycles. The molecule has 0 fully saturated rings. The lowest BCUT2D eigenvalue weighted by molar-refractivity contribution is 0.341. The molecule has 0 amide bonds. The summed E-state index contributed by atoms with van der Waals surface area (Å²) in [7, 11) is -3.46. The third-order valence-electron chi connectivity index (χ3n) is 2.75. The van der Waals surface area contributed by atoms with Crippen LogP contribution < -0.4 is 10.5 Å². The van der Waals surface area contributed by atoms with Crippen molar-refractivity contribution in [2.75, 3.05) is 18.1 Å². The number of hydrogen-bond acceptors (Lipinski definition) is 6. The van der Waals surface area contributed by atoms with Crippen molar-refractivity contribution in [3.8, 4) is 11.8 Å². The summed E-state index contributed by atoms with van der Waals surface area (Å²) in [6, 6.07) is 11.0. The monoisotopic (exact) mass is 303 g/mol. The van der Waals surface area contributed by atoms with Crippen molar-refractivity contribution in [1.82, 2.24) is 4.98 Å². The number of anilines is 1. The minimum Gasteiger partial charge on any atom is -0.489 e. The molecule has 6 nitrogen and oxygen atoms in total. The predicted octanol–water partition coefficient (Wildman–Crippen LogP) is 1.39. The zero-order chi connectivity index (χ0) is 15.3. The van der Waals surface area contributed by atoms with Gasteiger partial charge in [-0.25, -0.2) is 13.4 Å². The van der Waals surface area contributed by atoms with E-state index in [1.54, 1.807) is 12.1 Å². The molecule has 0 bridgehead atoms. The first-order valence-electron chi connectivity index (χ1n) is 6.09. The summed E-state index contributed by atoms with van der Waals surface area (Å²) in [5.41, 5.74) is 6.01. The topological polar surface area (TPSA) is 106 Å². The van der Waals surface area contributed by atoms with Crippen LogP contribution in [-0.2, 0) is 9.84 Å². The van der Waals surface area contributed by atoms with Crippen LogP contribution in [-0.4, -0.2) is 25.8 Å². The van der Waals surface area contributed by atoms with Gasteiger partial charge in [0.1, 0.15) is 6.61 Å². The van der Waals surface area contributed by atoms with Crippen LogP contribution in [0.1, 0.15) is 5.56 Å². The Hall–Kier alpha value is -2.59. The van der Waals surface area contributed by atoms with Crippen LogP contribution in [0.5, 0.6) is 5.75 Å². The normalized spacial score (nSPS) is 10.8. The van der Waals surface area contributed by atoms with Crippen molar-refractivity contribution in [3.05, 3.63) is 48.2 Å². The van der Waals surface area contributed by atoms with E-state index in [2.05, 4.69) is 4.98 Å². The van der Waals surface area contributed by atoms with Gasteiger partial charge in [0.2, 0.25) is 0 Å². The van der Waals surface area contributed by atoms with E-state index in [4.69, 9.17) is 15.7 Å². The van der Waals surface area contributed by atoms with Crippen molar-refractivity contribution in [2.24, 2.45) is 0 Å². The lowest BCUT2D eigenvalue weighted by atomic mass is 10.2. The van der Waals surface area contributed by atoms with Crippen LogP contribution in [0.25, 0.3) is 0 Å². The van der Waals surface area contributed by atoms with Gasteiger partial charge in [-0.05, 0) is 36.4 Å². The van der Waals surface area contributed by atoms with Gasteiger partial charge in [-0.1, -0.05) is 0 Å². The Bertz CT molecular complexity index is 765. The van der Waals surface area contributed by atoms with Gasteiger partial charge in [-0.2, -0.15) is 5.26 Å². The van der Waals surface area contributed by atoms with E-state index < -0.39 is 9.84 Å². The second-order valence-corrected chi connectivity index (χ2v) is 6.30. The second-order valence-electron chi connectivity index (χ2n) is 4.19. The maximum Gasteiger partial charge on any atom is 0.181 e. The molecule has 0 saturated heterocycles. The maximum atomic E-state index is 12.1. The SMILES string of the molecule is N#Cc1ccc(S(=O)(=O)CCOc2cccnc2N)cc1. The molecule has 0 unspecified atom stereocenters. The molecule has 0 radical (unpaired) electrons. The van der Waals surface area contributed by atoms with Gasteiger partial charge >= 0.3 is 0 Å². The van der Waals surface area contributed by atoms with Gasteiger partial charge in [-0.3, -0.25) is 0 Å². The number of nitriles is 1. The zero-order valence-corrected chi connectivity index (χ0v) is 11.9. The molecule has 2 N–H and O–H groups in total. The third kappa shape index (κ3) is 3.70. The molecule has 108 valence electrons. The van der Waals surface area contributed by atoms with Crippen molar-refractivity contribution >= 4 is 15.7 Å². The summed E-state index contributed by atoms with van der Waals surface area (Å²) in [5.74, 6) is 0.383. The van der Waals surface area contributed by atoms with Crippen molar-refractivity contribution < 1.29 is 13.2 Å². The number of pyridine rings is 1. The van der Waals surface area contributed by atoms with E-state index in [1.807, 2.05) is 6.07 Å².